The molecule has 6 rings (SSSR count). The quantitative estimate of drug-likeness (QED) is 0.356. The van der Waals surface area contributed by atoms with Crippen LogP contribution in [0.15, 0.2) is 59.8 Å². The van der Waals surface area contributed by atoms with Crippen LogP contribution in [0.2, 0.25) is 5.02 Å². The number of imidazole rings is 1. The van der Waals surface area contributed by atoms with Crippen molar-refractivity contribution < 1.29 is 4.39 Å². The van der Waals surface area contributed by atoms with Gasteiger partial charge in [-0.25, -0.2) is 18.9 Å². The zero-order chi connectivity index (χ0) is 24.8. The van der Waals surface area contributed by atoms with E-state index in [2.05, 4.69) is 44.6 Å². The number of benzene rings is 2. The van der Waals surface area contributed by atoms with Crippen LogP contribution in [0.25, 0.3) is 22.5 Å². The molecule has 36 heavy (non-hydrogen) atoms. The molecule has 0 bridgehead atoms. The topological polar surface area (TPSA) is 89.1 Å². The average molecular weight is 504 g/mol. The van der Waals surface area contributed by atoms with Crippen LogP contribution in [0, 0.1) is 5.82 Å². The van der Waals surface area contributed by atoms with E-state index in [1.165, 1.54) is 41.7 Å². The lowest BCUT2D eigenvalue weighted by molar-refractivity contribution is 0.532. The SMILES string of the molecule is CCCNC1Cc2ccc(Nc3ncc4c(=O)n(-c5c(F)cccc5Cl)c5nccn5c4n3)cc2C1. The first-order valence-corrected chi connectivity index (χ1v) is 12.2. The van der Waals surface area contributed by atoms with Crippen molar-refractivity contribution in [3.63, 3.8) is 0 Å². The fraction of sp³-hybridized carbons (Fsp3) is 0.231. The van der Waals surface area contributed by atoms with E-state index in [0.717, 1.165) is 36.1 Å². The minimum atomic E-state index is -0.628. The predicted octanol–water partition coefficient (Wildman–Crippen LogP) is 4.43. The summed E-state index contributed by atoms with van der Waals surface area (Å²) < 4.78 is 17.5. The van der Waals surface area contributed by atoms with Gasteiger partial charge >= 0.3 is 0 Å². The standard InChI is InChI=1S/C26H23ClFN7O/c1-2-8-29-18-11-15-6-7-17(12-16(15)13-18)32-25-31-14-19-23(33-25)34-10-9-30-26(34)35(24(19)36)22-20(27)4-3-5-21(22)28/h3-7,9-10,12,14,18,29H,2,8,11,13H2,1H3,(H,31,32,33). The van der Waals surface area contributed by atoms with Crippen LogP contribution in [-0.2, 0) is 12.8 Å². The lowest BCUT2D eigenvalue weighted by atomic mass is 10.1. The molecule has 3 aromatic heterocycles. The van der Waals surface area contributed by atoms with Crippen LogP contribution < -0.4 is 16.2 Å². The van der Waals surface area contributed by atoms with Crippen LogP contribution >= 0.6 is 11.6 Å². The normalized spacial score (nSPS) is 15.0. The zero-order valence-electron chi connectivity index (χ0n) is 19.5. The lowest BCUT2D eigenvalue weighted by Crippen LogP contribution is -2.29. The molecule has 2 aromatic carbocycles. The highest BCUT2D eigenvalue weighted by molar-refractivity contribution is 6.32. The summed E-state index contributed by atoms with van der Waals surface area (Å²) in [6.45, 7) is 3.19. The van der Waals surface area contributed by atoms with E-state index in [0.29, 0.717) is 17.6 Å². The Hall–Kier alpha value is -3.82. The third-order valence-corrected chi connectivity index (χ3v) is 6.80. The van der Waals surface area contributed by atoms with Gasteiger partial charge in [-0.3, -0.25) is 9.20 Å². The fourth-order valence-corrected chi connectivity index (χ4v) is 5.07. The first kappa shape index (κ1) is 22.6. The molecule has 0 saturated carbocycles. The molecule has 182 valence electrons. The van der Waals surface area contributed by atoms with Crippen LogP contribution in [0.1, 0.15) is 24.5 Å². The molecule has 0 radical (unpaired) electrons. The van der Waals surface area contributed by atoms with Crippen molar-refractivity contribution in [2.45, 2.75) is 32.2 Å². The van der Waals surface area contributed by atoms with Gasteiger partial charge in [0.2, 0.25) is 11.7 Å². The number of para-hydroxylation sites is 1. The molecule has 1 unspecified atom stereocenters. The summed E-state index contributed by atoms with van der Waals surface area (Å²) in [6.07, 6.45) is 7.75. The summed E-state index contributed by atoms with van der Waals surface area (Å²) in [5, 5.41) is 7.17. The van der Waals surface area contributed by atoms with Crippen molar-refractivity contribution in [3.05, 3.63) is 87.3 Å². The third kappa shape index (κ3) is 3.81. The summed E-state index contributed by atoms with van der Waals surface area (Å²) in [5.74, 6) is -0.0821. The van der Waals surface area contributed by atoms with Crippen molar-refractivity contribution in [3.8, 4) is 5.69 Å². The van der Waals surface area contributed by atoms with Gasteiger partial charge in [0.1, 0.15) is 16.9 Å². The first-order chi connectivity index (χ1) is 17.5. The monoisotopic (exact) mass is 503 g/mol. The van der Waals surface area contributed by atoms with Gasteiger partial charge in [-0.1, -0.05) is 30.7 Å². The molecule has 0 saturated heterocycles. The van der Waals surface area contributed by atoms with E-state index in [-0.39, 0.29) is 21.9 Å². The summed E-state index contributed by atoms with van der Waals surface area (Å²) in [6, 6.07) is 11.0. The lowest BCUT2D eigenvalue weighted by Gasteiger charge is -2.13. The Morgan fingerprint density at radius 1 is 1.17 bits per heavy atom. The van der Waals surface area contributed by atoms with E-state index >= 15 is 0 Å². The smallest absolute Gasteiger partial charge is 0.270 e. The zero-order valence-corrected chi connectivity index (χ0v) is 20.3. The van der Waals surface area contributed by atoms with E-state index in [4.69, 9.17) is 11.6 Å². The maximum Gasteiger partial charge on any atom is 0.270 e. The molecule has 0 spiro atoms. The number of anilines is 2. The molecule has 2 N–H and O–H groups in total. The number of nitrogens with zero attached hydrogens (tertiary/aromatic N) is 5. The van der Waals surface area contributed by atoms with E-state index in [1.807, 2.05) is 6.07 Å². The number of hydrogen-bond donors (Lipinski definition) is 2. The largest absolute Gasteiger partial charge is 0.324 e. The molecule has 0 aliphatic heterocycles. The number of hydrogen-bond acceptors (Lipinski definition) is 6. The summed E-state index contributed by atoms with van der Waals surface area (Å²) in [7, 11) is 0. The van der Waals surface area contributed by atoms with Crippen LogP contribution in [-0.4, -0.2) is 36.5 Å². The summed E-state index contributed by atoms with van der Waals surface area (Å²) in [5.41, 5.74) is 3.31. The first-order valence-electron chi connectivity index (χ1n) is 11.8. The van der Waals surface area contributed by atoms with Crippen LogP contribution in [0.5, 0.6) is 0 Å². The van der Waals surface area contributed by atoms with Gasteiger partial charge < -0.3 is 10.6 Å². The van der Waals surface area contributed by atoms with Crippen LogP contribution in [0.3, 0.4) is 0 Å². The Morgan fingerprint density at radius 3 is 2.86 bits per heavy atom. The molecule has 0 amide bonds. The molecule has 1 atom stereocenters. The van der Waals surface area contributed by atoms with Crippen molar-refractivity contribution in [2.24, 2.45) is 0 Å². The minimum Gasteiger partial charge on any atom is -0.324 e. The molecular formula is C26H23ClFN7O. The average Bonchev–Trinajstić information content (AvgIpc) is 3.51. The molecule has 8 nitrogen and oxygen atoms in total. The molecule has 1 aliphatic rings. The predicted molar refractivity (Wildman–Crippen MR) is 138 cm³/mol. The van der Waals surface area contributed by atoms with Gasteiger partial charge in [0.25, 0.3) is 5.56 Å². The molecule has 10 heteroatoms. The van der Waals surface area contributed by atoms with Crippen molar-refractivity contribution in [1.29, 1.82) is 0 Å². The minimum absolute atomic E-state index is 0.0608. The number of fused-ring (bicyclic) bond motifs is 4. The molecule has 5 aromatic rings. The second kappa shape index (κ2) is 9.00. The summed E-state index contributed by atoms with van der Waals surface area (Å²) >= 11 is 6.26. The Bertz CT molecular complexity index is 1660. The number of rotatable bonds is 6. The van der Waals surface area contributed by atoms with Crippen LogP contribution in [0.4, 0.5) is 16.0 Å². The van der Waals surface area contributed by atoms with E-state index in [9.17, 15) is 9.18 Å². The van der Waals surface area contributed by atoms with Gasteiger partial charge in [0.05, 0.1) is 5.02 Å². The second-order valence-corrected chi connectivity index (χ2v) is 9.31. The highest BCUT2D eigenvalue weighted by Gasteiger charge is 2.22. The molecular weight excluding hydrogens is 481 g/mol. The fourth-order valence-electron chi connectivity index (χ4n) is 4.83. The Kier molecular flexibility index (Phi) is 5.66. The van der Waals surface area contributed by atoms with Crippen molar-refractivity contribution in [1.82, 2.24) is 29.2 Å². The van der Waals surface area contributed by atoms with Gasteiger partial charge in [-0.05, 0) is 61.2 Å². The van der Waals surface area contributed by atoms with Gasteiger partial charge in [0, 0.05) is 30.3 Å². The molecule has 0 fully saturated rings. The van der Waals surface area contributed by atoms with Crippen molar-refractivity contribution >= 4 is 40.0 Å². The molecule has 1 aliphatic carbocycles. The Labute approximate surface area is 210 Å². The van der Waals surface area contributed by atoms with E-state index < -0.39 is 11.4 Å². The number of nitrogens with one attached hydrogen (secondary N) is 2. The highest BCUT2D eigenvalue weighted by atomic mass is 35.5. The number of halogens is 2. The van der Waals surface area contributed by atoms with Gasteiger partial charge in [0.15, 0.2) is 5.65 Å². The third-order valence-electron chi connectivity index (χ3n) is 6.49. The number of aromatic nitrogens is 5. The van der Waals surface area contributed by atoms with E-state index in [1.54, 1.807) is 10.6 Å². The molecule has 3 heterocycles. The maximum absolute atomic E-state index is 14.7. The highest BCUT2D eigenvalue weighted by Crippen LogP contribution is 2.28. The second-order valence-electron chi connectivity index (χ2n) is 8.91. The van der Waals surface area contributed by atoms with Gasteiger partial charge in [-0.2, -0.15) is 4.98 Å². The van der Waals surface area contributed by atoms with Gasteiger partial charge in [-0.15, -0.1) is 0 Å². The Balaban J connectivity index is 1.39. The maximum atomic E-state index is 14.7. The Morgan fingerprint density at radius 2 is 2.03 bits per heavy atom. The summed E-state index contributed by atoms with van der Waals surface area (Å²) in [4.78, 5) is 26.7. The van der Waals surface area contributed by atoms with Crippen molar-refractivity contribution in [2.75, 3.05) is 11.9 Å².